The maximum atomic E-state index is 6.62. The Morgan fingerprint density at radius 3 is 1.63 bits per heavy atom. The van der Waals surface area contributed by atoms with Crippen molar-refractivity contribution in [1.82, 2.24) is 19.5 Å². The van der Waals surface area contributed by atoms with Crippen molar-refractivity contribution in [2.24, 2.45) is 0 Å². The molecule has 0 unspecified atom stereocenters. The third-order valence-corrected chi connectivity index (χ3v) is 12.2. The molecule has 0 saturated carbocycles. The van der Waals surface area contributed by atoms with Crippen LogP contribution in [0.25, 0.3) is 128 Å². The molecule has 294 valence electrons. The number of para-hydroxylation sites is 2. The van der Waals surface area contributed by atoms with Crippen molar-refractivity contribution in [3.8, 4) is 62.1 Å². The lowest BCUT2D eigenvalue weighted by Gasteiger charge is -2.13. The number of aromatic nitrogens is 4. The fourth-order valence-electron chi connectivity index (χ4n) is 9.30. The summed E-state index contributed by atoms with van der Waals surface area (Å²) in [5.74, 6) is 1.60. The number of furan rings is 2. The summed E-state index contributed by atoms with van der Waals surface area (Å²) in [6.45, 7) is 0. The van der Waals surface area contributed by atoms with Gasteiger partial charge in [-0.3, -0.25) is 4.57 Å². The molecule has 0 radical (unpaired) electrons. The van der Waals surface area contributed by atoms with Gasteiger partial charge in [-0.25, -0.2) is 4.98 Å². The first-order valence-electron chi connectivity index (χ1n) is 21.1. The zero-order valence-electron chi connectivity index (χ0n) is 33.7. The minimum Gasteiger partial charge on any atom is -0.456 e. The fourth-order valence-corrected chi connectivity index (χ4v) is 9.30. The molecule has 6 heteroatoms. The first-order chi connectivity index (χ1) is 31.2. The van der Waals surface area contributed by atoms with E-state index in [0.717, 1.165) is 110 Å². The van der Waals surface area contributed by atoms with Crippen molar-refractivity contribution in [3.05, 3.63) is 206 Å². The van der Waals surface area contributed by atoms with E-state index in [1.54, 1.807) is 0 Å². The summed E-state index contributed by atoms with van der Waals surface area (Å²) < 4.78 is 15.2. The Morgan fingerprint density at radius 2 is 0.889 bits per heavy atom. The molecule has 6 nitrogen and oxygen atoms in total. The van der Waals surface area contributed by atoms with Gasteiger partial charge in [-0.1, -0.05) is 146 Å². The molecule has 0 aliphatic carbocycles. The lowest BCUT2D eigenvalue weighted by Crippen LogP contribution is -2.06. The zero-order chi connectivity index (χ0) is 41.4. The highest BCUT2D eigenvalue weighted by Gasteiger charge is 2.22. The second-order valence-electron chi connectivity index (χ2n) is 16.0. The van der Waals surface area contributed by atoms with Crippen LogP contribution in [0.2, 0.25) is 0 Å². The van der Waals surface area contributed by atoms with Crippen LogP contribution in [-0.2, 0) is 0 Å². The molecule has 63 heavy (non-hydrogen) atoms. The minimum absolute atomic E-state index is 0.510. The Labute approximate surface area is 361 Å². The standard InChI is InChI=1S/C57H34N4O2/c1-4-15-35(16-5-1)39-29-40(36-17-6-2-7-18-36)31-41(30-39)56-58-55(38-27-28-45-52(32-38)63-51-26-14-23-42(54(45)51)37-19-8-3-9-20-37)59-57(60-56)61-48-24-12-10-21-43(48)46-34-53-47(33-49(46)61)44-22-11-13-25-50(44)62-53/h1-34H. The molecule has 0 fully saturated rings. The van der Waals surface area contributed by atoms with E-state index in [0.29, 0.717) is 17.6 Å². The Balaban J connectivity index is 1.08. The van der Waals surface area contributed by atoms with Crippen LogP contribution in [0.4, 0.5) is 0 Å². The zero-order valence-corrected chi connectivity index (χ0v) is 33.7. The highest BCUT2D eigenvalue weighted by atomic mass is 16.3. The van der Waals surface area contributed by atoms with E-state index in [-0.39, 0.29) is 0 Å². The third-order valence-electron chi connectivity index (χ3n) is 12.2. The first-order valence-corrected chi connectivity index (χ1v) is 21.1. The van der Waals surface area contributed by atoms with Crippen LogP contribution in [0.3, 0.4) is 0 Å². The SMILES string of the molecule is c1ccc(-c2cc(-c3ccccc3)cc(-c3nc(-c4ccc5c(c4)oc4cccc(-c6ccccc6)c45)nc(-n4c5ccccc5c5cc6oc7ccccc7c6cc54)n3)c2)cc1. The molecule has 9 aromatic carbocycles. The Morgan fingerprint density at radius 1 is 0.302 bits per heavy atom. The molecule has 13 rings (SSSR count). The lowest BCUT2D eigenvalue weighted by molar-refractivity contribution is 0.669. The number of fused-ring (bicyclic) bond motifs is 9. The topological polar surface area (TPSA) is 69.9 Å². The van der Waals surface area contributed by atoms with Gasteiger partial charge in [0.25, 0.3) is 0 Å². The van der Waals surface area contributed by atoms with E-state index >= 15 is 0 Å². The average Bonchev–Trinajstić information content (AvgIpc) is 4.02. The van der Waals surface area contributed by atoms with E-state index in [9.17, 15) is 0 Å². The molecule has 0 bridgehead atoms. The second-order valence-corrected chi connectivity index (χ2v) is 16.0. The second kappa shape index (κ2) is 14.0. The summed E-state index contributed by atoms with van der Waals surface area (Å²) >= 11 is 0. The highest BCUT2D eigenvalue weighted by Crippen LogP contribution is 2.41. The van der Waals surface area contributed by atoms with E-state index in [4.69, 9.17) is 23.8 Å². The van der Waals surface area contributed by atoms with E-state index in [2.05, 4.69) is 174 Å². The third kappa shape index (κ3) is 5.76. The van der Waals surface area contributed by atoms with Crippen LogP contribution in [0.5, 0.6) is 0 Å². The van der Waals surface area contributed by atoms with Crippen LogP contribution in [0.1, 0.15) is 0 Å². The quantitative estimate of drug-likeness (QED) is 0.167. The van der Waals surface area contributed by atoms with Crippen LogP contribution < -0.4 is 0 Å². The number of hydrogen-bond acceptors (Lipinski definition) is 5. The maximum absolute atomic E-state index is 6.62. The minimum atomic E-state index is 0.510. The molecular formula is C57H34N4O2. The van der Waals surface area contributed by atoms with Crippen LogP contribution in [0.15, 0.2) is 215 Å². The summed E-state index contributed by atoms with van der Waals surface area (Å²) in [5.41, 5.74) is 13.6. The van der Waals surface area contributed by atoms with Crippen molar-refractivity contribution in [2.45, 2.75) is 0 Å². The Kier molecular flexibility index (Phi) is 7.80. The van der Waals surface area contributed by atoms with Gasteiger partial charge in [0.15, 0.2) is 11.6 Å². The van der Waals surface area contributed by atoms with Gasteiger partial charge in [0.05, 0.1) is 11.0 Å². The molecule has 0 spiro atoms. The summed E-state index contributed by atoms with van der Waals surface area (Å²) in [6.07, 6.45) is 0. The predicted octanol–water partition coefficient (Wildman–Crippen LogP) is 15.1. The van der Waals surface area contributed by atoms with E-state index < -0.39 is 0 Å². The van der Waals surface area contributed by atoms with Gasteiger partial charge < -0.3 is 8.83 Å². The highest BCUT2D eigenvalue weighted by molar-refractivity contribution is 6.17. The van der Waals surface area contributed by atoms with Crippen molar-refractivity contribution in [2.75, 3.05) is 0 Å². The molecule has 0 N–H and O–H groups in total. The molecular weight excluding hydrogens is 773 g/mol. The van der Waals surface area contributed by atoms with Crippen molar-refractivity contribution >= 4 is 65.7 Å². The summed E-state index contributed by atoms with van der Waals surface area (Å²) in [6, 6.07) is 71.5. The van der Waals surface area contributed by atoms with E-state index in [1.807, 2.05) is 36.4 Å². The summed E-state index contributed by atoms with van der Waals surface area (Å²) in [4.78, 5) is 16.1. The molecule has 0 aliphatic rings. The van der Waals surface area contributed by atoms with Gasteiger partial charge >= 0.3 is 0 Å². The number of hydrogen-bond donors (Lipinski definition) is 0. The summed E-state index contributed by atoms with van der Waals surface area (Å²) in [5, 5.41) is 6.33. The molecule has 13 aromatic rings. The Hall–Kier alpha value is -8.61. The monoisotopic (exact) mass is 806 g/mol. The van der Waals surface area contributed by atoms with Crippen LogP contribution in [0, 0.1) is 0 Å². The van der Waals surface area contributed by atoms with Gasteiger partial charge in [0.2, 0.25) is 5.95 Å². The summed E-state index contributed by atoms with van der Waals surface area (Å²) in [7, 11) is 0. The first kappa shape index (κ1) is 35.2. The number of nitrogens with zero attached hydrogens (tertiary/aromatic N) is 4. The van der Waals surface area contributed by atoms with Crippen LogP contribution in [-0.4, -0.2) is 19.5 Å². The van der Waals surface area contributed by atoms with Crippen molar-refractivity contribution in [1.29, 1.82) is 0 Å². The van der Waals surface area contributed by atoms with Gasteiger partial charge in [0, 0.05) is 43.4 Å². The fraction of sp³-hybridized carbons (Fsp3) is 0. The smallest absolute Gasteiger partial charge is 0.238 e. The van der Waals surface area contributed by atoms with Crippen molar-refractivity contribution in [3.63, 3.8) is 0 Å². The maximum Gasteiger partial charge on any atom is 0.238 e. The molecule has 4 aromatic heterocycles. The number of rotatable bonds is 6. The Bertz CT molecular complexity index is 3850. The molecule has 0 saturated heterocycles. The van der Waals surface area contributed by atoms with E-state index in [1.165, 1.54) is 0 Å². The number of benzene rings is 9. The van der Waals surface area contributed by atoms with Gasteiger partial charge in [0.1, 0.15) is 22.3 Å². The average molecular weight is 807 g/mol. The predicted molar refractivity (Wildman–Crippen MR) is 256 cm³/mol. The molecule has 0 atom stereocenters. The largest absolute Gasteiger partial charge is 0.456 e. The molecule has 0 amide bonds. The lowest BCUT2D eigenvalue weighted by atomic mass is 9.96. The molecule has 0 aliphatic heterocycles. The van der Waals surface area contributed by atoms with Crippen LogP contribution >= 0.6 is 0 Å². The normalized spacial score (nSPS) is 11.8. The van der Waals surface area contributed by atoms with Gasteiger partial charge in [-0.05, 0) is 94.0 Å². The van der Waals surface area contributed by atoms with Crippen molar-refractivity contribution < 1.29 is 8.83 Å². The molecule has 4 heterocycles. The van der Waals surface area contributed by atoms with Gasteiger partial charge in [-0.2, -0.15) is 9.97 Å². The van der Waals surface area contributed by atoms with Gasteiger partial charge in [-0.15, -0.1) is 0 Å².